The van der Waals surface area contributed by atoms with Crippen LogP contribution in [0.2, 0.25) is 0 Å². The zero-order valence-electron chi connectivity index (χ0n) is 12.4. The van der Waals surface area contributed by atoms with Crippen LogP contribution in [0.15, 0.2) is 0 Å². The molecule has 0 unspecified atom stereocenters. The topological polar surface area (TPSA) is 45.3 Å². The van der Waals surface area contributed by atoms with Crippen molar-refractivity contribution in [1.29, 1.82) is 0 Å². The van der Waals surface area contributed by atoms with E-state index < -0.39 is 9.36 Å². The van der Waals surface area contributed by atoms with Crippen LogP contribution < -0.4 is 15.3 Å². The van der Waals surface area contributed by atoms with E-state index in [4.69, 9.17) is 4.43 Å². The molecule has 0 aromatic carbocycles. The molecule has 0 spiro atoms. The highest BCUT2D eigenvalue weighted by Crippen LogP contribution is 2.19. The van der Waals surface area contributed by atoms with Crippen molar-refractivity contribution in [2.24, 2.45) is 0 Å². The summed E-state index contributed by atoms with van der Waals surface area (Å²) < 4.78 is 6.07. The highest BCUT2D eigenvalue weighted by molar-refractivity contribution is 6.46. The van der Waals surface area contributed by atoms with E-state index in [1.807, 2.05) is 0 Å². The van der Waals surface area contributed by atoms with Crippen molar-refractivity contribution >= 4 is 9.36 Å². The molecular weight excluding hydrogens is 254 g/mol. The van der Waals surface area contributed by atoms with Crippen LogP contribution in [-0.4, -0.2) is 34.7 Å². The van der Waals surface area contributed by atoms with Crippen molar-refractivity contribution in [3.63, 3.8) is 0 Å². The average Bonchev–Trinajstić information content (AvgIpc) is 3.08. The summed E-state index contributed by atoms with van der Waals surface area (Å²) in [6.45, 7) is 3.94. The van der Waals surface area contributed by atoms with Gasteiger partial charge < -0.3 is 14.4 Å². The van der Waals surface area contributed by atoms with Gasteiger partial charge in [-0.25, -0.2) is 0 Å². The first-order valence-corrected chi connectivity index (χ1v) is 9.85. The molecular formula is C14H31N3OSi. The summed E-state index contributed by atoms with van der Waals surface area (Å²) >= 11 is 0. The molecule has 2 aliphatic carbocycles. The summed E-state index contributed by atoms with van der Waals surface area (Å²) in [4.78, 5) is 7.57. The third-order valence-electron chi connectivity index (χ3n) is 4.26. The third kappa shape index (κ3) is 5.91. The van der Waals surface area contributed by atoms with Gasteiger partial charge in [-0.2, -0.15) is 0 Å². The van der Waals surface area contributed by atoms with E-state index >= 15 is 0 Å². The molecule has 4 nitrogen and oxygen atoms in total. The Balaban J connectivity index is 1.70. The lowest BCUT2D eigenvalue weighted by atomic mass is 10.3. The van der Waals surface area contributed by atoms with Crippen molar-refractivity contribution in [3.8, 4) is 0 Å². The lowest BCUT2D eigenvalue weighted by Crippen LogP contribution is -2.57. The van der Waals surface area contributed by atoms with Crippen LogP contribution in [0, 0.1) is 0 Å². The van der Waals surface area contributed by atoms with Gasteiger partial charge >= 0.3 is 9.36 Å². The monoisotopic (exact) mass is 285 g/mol. The average molecular weight is 286 g/mol. The molecule has 3 N–H and O–H groups in total. The van der Waals surface area contributed by atoms with Gasteiger partial charge in [-0.05, 0) is 38.6 Å². The number of rotatable bonds is 9. The fourth-order valence-electron chi connectivity index (χ4n) is 3.15. The first-order valence-electron chi connectivity index (χ1n) is 8.23. The summed E-state index contributed by atoms with van der Waals surface area (Å²) in [5.41, 5.74) is 0. The maximum Gasteiger partial charge on any atom is 0.336 e. The standard InChI is InChI=1S/C14H31N3OSi/c1-2-11-15-12-18-19(16-13-7-3-4-8-13)17-14-9-5-6-10-14/h13-17,19H,2-12H2,1H3. The molecule has 0 aliphatic heterocycles. The van der Waals surface area contributed by atoms with Gasteiger partial charge in [-0.15, -0.1) is 0 Å². The van der Waals surface area contributed by atoms with Crippen LogP contribution in [0.5, 0.6) is 0 Å². The quantitative estimate of drug-likeness (QED) is 0.343. The molecule has 0 saturated heterocycles. The number of nitrogens with one attached hydrogen (secondary N) is 3. The van der Waals surface area contributed by atoms with Gasteiger partial charge in [0.05, 0.1) is 6.73 Å². The van der Waals surface area contributed by atoms with Gasteiger partial charge in [-0.3, -0.25) is 5.32 Å². The summed E-state index contributed by atoms with van der Waals surface area (Å²) in [6.07, 6.45) is 12.0. The molecule has 2 fully saturated rings. The summed E-state index contributed by atoms with van der Waals surface area (Å²) in [7, 11) is -1.45. The molecule has 0 heterocycles. The minimum absolute atomic E-state index is 0.699. The summed E-state index contributed by atoms with van der Waals surface area (Å²) in [5, 5.41) is 3.35. The highest BCUT2D eigenvalue weighted by atomic mass is 28.3. The van der Waals surface area contributed by atoms with Crippen LogP contribution >= 0.6 is 0 Å². The molecule has 0 aromatic heterocycles. The van der Waals surface area contributed by atoms with Crippen LogP contribution in [0.1, 0.15) is 64.7 Å². The van der Waals surface area contributed by atoms with Crippen molar-refractivity contribution in [1.82, 2.24) is 15.3 Å². The van der Waals surface area contributed by atoms with Crippen molar-refractivity contribution in [3.05, 3.63) is 0 Å². The first kappa shape index (κ1) is 15.4. The molecule has 0 radical (unpaired) electrons. The van der Waals surface area contributed by atoms with Gasteiger partial charge in [0, 0.05) is 12.1 Å². The van der Waals surface area contributed by atoms with Crippen LogP contribution in [0.25, 0.3) is 0 Å². The lowest BCUT2D eigenvalue weighted by Gasteiger charge is -2.25. The Bertz CT molecular complexity index is 213. The second kappa shape index (κ2) is 9.08. The third-order valence-corrected chi connectivity index (χ3v) is 6.31. The molecule has 2 rings (SSSR count). The normalized spacial score (nSPS) is 21.8. The van der Waals surface area contributed by atoms with Gasteiger partial charge in [0.25, 0.3) is 0 Å². The summed E-state index contributed by atoms with van der Waals surface area (Å²) in [6, 6.07) is 1.41. The molecule has 0 amide bonds. The minimum Gasteiger partial charge on any atom is -0.381 e. The van der Waals surface area contributed by atoms with Crippen LogP contribution in [0.4, 0.5) is 0 Å². The largest absolute Gasteiger partial charge is 0.381 e. The predicted octanol–water partition coefficient (Wildman–Crippen LogP) is 1.74. The zero-order chi connectivity index (χ0) is 13.3. The number of hydrogen-bond acceptors (Lipinski definition) is 4. The molecule has 2 saturated carbocycles. The number of hydrogen-bond donors (Lipinski definition) is 3. The molecule has 0 bridgehead atoms. The Hall–Kier alpha value is 0.0569. The molecule has 112 valence electrons. The Kier molecular flexibility index (Phi) is 7.38. The van der Waals surface area contributed by atoms with Crippen molar-refractivity contribution in [2.45, 2.75) is 76.8 Å². The van der Waals surface area contributed by atoms with Gasteiger partial charge in [0.2, 0.25) is 0 Å². The van der Waals surface area contributed by atoms with E-state index in [0.717, 1.165) is 6.54 Å². The zero-order valence-corrected chi connectivity index (χ0v) is 13.6. The Morgan fingerprint density at radius 2 is 1.47 bits per heavy atom. The summed E-state index contributed by atoms with van der Waals surface area (Å²) in [5.74, 6) is 0. The molecule has 2 aliphatic rings. The van der Waals surface area contributed by atoms with Crippen molar-refractivity contribution < 1.29 is 4.43 Å². The lowest BCUT2D eigenvalue weighted by molar-refractivity contribution is 0.262. The Morgan fingerprint density at radius 3 is 1.95 bits per heavy atom. The van der Waals surface area contributed by atoms with Gasteiger partial charge in [-0.1, -0.05) is 32.6 Å². The van der Waals surface area contributed by atoms with E-state index in [2.05, 4.69) is 22.2 Å². The van der Waals surface area contributed by atoms with E-state index in [1.165, 1.54) is 57.8 Å². The molecule has 19 heavy (non-hydrogen) atoms. The van der Waals surface area contributed by atoms with Gasteiger partial charge in [0.15, 0.2) is 0 Å². The maximum absolute atomic E-state index is 6.07. The maximum atomic E-state index is 6.07. The highest BCUT2D eigenvalue weighted by Gasteiger charge is 2.25. The van der Waals surface area contributed by atoms with E-state index in [-0.39, 0.29) is 0 Å². The van der Waals surface area contributed by atoms with E-state index in [1.54, 1.807) is 0 Å². The van der Waals surface area contributed by atoms with Crippen molar-refractivity contribution in [2.75, 3.05) is 13.3 Å². The molecule has 5 heteroatoms. The minimum atomic E-state index is -1.45. The Morgan fingerprint density at radius 1 is 0.947 bits per heavy atom. The smallest absolute Gasteiger partial charge is 0.336 e. The fraction of sp³-hybridized carbons (Fsp3) is 1.00. The van der Waals surface area contributed by atoms with E-state index in [9.17, 15) is 0 Å². The van der Waals surface area contributed by atoms with Crippen LogP contribution in [0.3, 0.4) is 0 Å². The molecule has 0 aromatic rings. The second-order valence-electron chi connectivity index (χ2n) is 5.99. The second-order valence-corrected chi connectivity index (χ2v) is 7.75. The fourth-order valence-corrected chi connectivity index (χ4v) is 5.24. The molecule has 0 atom stereocenters. The predicted molar refractivity (Wildman–Crippen MR) is 82.2 cm³/mol. The van der Waals surface area contributed by atoms with Gasteiger partial charge in [0.1, 0.15) is 0 Å². The van der Waals surface area contributed by atoms with Crippen LogP contribution in [-0.2, 0) is 4.43 Å². The SMILES string of the molecule is CCCNCO[SiH](NC1CCCC1)NC1CCCC1. The van der Waals surface area contributed by atoms with E-state index in [0.29, 0.717) is 18.8 Å². The first-order chi connectivity index (χ1) is 9.38. The Labute approximate surface area is 119 Å².